The highest BCUT2D eigenvalue weighted by Gasteiger charge is 2.13. The Kier molecular flexibility index (Phi) is 9.61. The summed E-state index contributed by atoms with van der Waals surface area (Å²) in [5.74, 6) is 0. The van der Waals surface area contributed by atoms with Crippen LogP contribution in [0.15, 0.2) is 6.20 Å². The Hall–Kier alpha value is -0.980. The molecule has 25 heavy (non-hydrogen) atoms. The van der Waals surface area contributed by atoms with Gasteiger partial charge in [-0.05, 0) is 23.7 Å². The maximum Gasteiger partial charge on any atom is 0.0832 e. The first-order chi connectivity index (χ1) is 11.7. The van der Waals surface area contributed by atoms with E-state index in [0.717, 1.165) is 25.1 Å². The van der Waals surface area contributed by atoms with E-state index in [2.05, 4.69) is 51.9 Å². The van der Waals surface area contributed by atoms with Crippen LogP contribution in [0.2, 0.25) is 0 Å². The van der Waals surface area contributed by atoms with E-state index in [4.69, 9.17) is 14.2 Å². The van der Waals surface area contributed by atoms with E-state index in [9.17, 15) is 0 Å². The quantitative estimate of drug-likeness (QED) is 0.538. The van der Waals surface area contributed by atoms with Crippen LogP contribution < -0.4 is 0 Å². The third-order valence-corrected chi connectivity index (χ3v) is 3.50. The number of ether oxygens (including phenoxy) is 3. The summed E-state index contributed by atoms with van der Waals surface area (Å²) in [6, 6.07) is 0. The molecule has 0 saturated carbocycles. The summed E-state index contributed by atoms with van der Waals surface area (Å²) in [6.07, 6.45) is 4.00. The van der Waals surface area contributed by atoms with Crippen LogP contribution in [0.3, 0.4) is 0 Å². The molecule has 0 amide bonds. The van der Waals surface area contributed by atoms with Gasteiger partial charge in [0.1, 0.15) is 0 Å². The van der Waals surface area contributed by atoms with E-state index in [0.29, 0.717) is 45.0 Å². The molecule has 0 atom stereocenters. The maximum absolute atomic E-state index is 5.57. The number of hydrogen-bond acceptors (Lipinski definition) is 5. The zero-order chi connectivity index (χ0) is 18.8. The number of hydrogen-bond donors (Lipinski definition) is 0. The van der Waals surface area contributed by atoms with Crippen molar-refractivity contribution in [2.45, 2.75) is 60.9 Å². The molecule has 0 aliphatic carbocycles. The molecule has 0 N–H and O–H groups in total. The zero-order valence-corrected chi connectivity index (χ0v) is 17.0. The van der Waals surface area contributed by atoms with Crippen molar-refractivity contribution < 1.29 is 14.2 Å². The minimum atomic E-state index is 0.227. The third kappa shape index (κ3) is 13.0. The minimum Gasteiger partial charge on any atom is -0.379 e. The number of aromatic nitrogens is 3. The van der Waals surface area contributed by atoms with Crippen molar-refractivity contribution in [1.29, 1.82) is 0 Å². The Balaban J connectivity index is 1.94. The molecule has 0 radical (unpaired) electrons. The lowest BCUT2D eigenvalue weighted by atomic mass is 9.91. The standard InChI is InChI=1S/C19H37N3O3/c1-18(2,3)7-9-23-11-13-25-14-12-24-10-8-22-16-17(20-21-22)15-19(4,5)6/h16H,7-15H2,1-6H3. The molecule has 0 aliphatic heterocycles. The van der Waals surface area contributed by atoms with Gasteiger partial charge in [-0.15, -0.1) is 5.10 Å². The average molecular weight is 356 g/mol. The van der Waals surface area contributed by atoms with Gasteiger partial charge in [-0.3, -0.25) is 0 Å². The summed E-state index contributed by atoms with van der Waals surface area (Å²) in [5, 5.41) is 8.33. The molecule has 0 spiro atoms. The Morgan fingerprint density at radius 1 is 0.800 bits per heavy atom. The first kappa shape index (κ1) is 22.1. The first-order valence-electron chi connectivity index (χ1n) is 9.28. The van der Waals surface area contributed by atoms with Gasteiger partial charge in [-0.2, -0.15) is 0 Å². The van der Waals surface area contributed by atoms with E-state index in [1.807, 2.05) is 10.9 Å². The van der Waals surface area contributed by atoms with Crippen LogP contribution in [0, 0.1) is 10.8 Å². The van der Waals surface area contributed by atoms with Crippen molar-refractivity contribution in [3.05, 3.63) is 11.9 Å². The van der Waals surface area contributed by atoms with Crippen molar-refractivity contribution in [3.63, 3.8) is 0 Å². The highest BCUT2D eigenvalue weighted by atomic mass is 16.5. The van der Waals surface area contributed by atoms with Crippen LogP contribution in [0.25, 0.3) is 0 Å². The minimum absolute atomic E-state index is 0.227. The highest BCUT2D eigenvalue weighted by molar-refractivity contribution is 4.95. The van der Waals surface area contributed by atoms with E-state index >= 15 is 0 Å². The van der Waals surface area contributed by atoms with Gasteiger partial charge in [0, 0.05) is 12.8 Å². The van der Waals surface area contributed by atoms with Crippen LogP contribution >= 0.6 is 0 Å². The predicted molar refractivity (Wildman–Crippen MR) is 99.7 cm³/mol. The fourth-order valence-corrected chi connectivity index (χ4v) is 2.15. The summed E-state index contributed by atoms with van der Waals surface area (Å²) in [7, 11) is 0. The molecule has 0 aliphatic rings. The normalized spacial score (nSPS) is 12.7. The molecule has 6 heteroatoms. The van der Waals surface area contributed by atoms with Crippen molar-refractivity contribution >= 4 is 0 Å². The summed E-state index contributed by atoms with van der Waals surface area (Å²) in [4.78, 5) is 0. The molecule has 0 fully saturated rings. The molecule has 1 aromatic rings. The molecule has 6 nitrogen and oxygen atoms in total. The molecule has 1 rings (SSSR count). The third-order valence-electron chi connectivity index (χ3n) is 3.50. The van der Waals surface area contributed by atoms with Gasteiger partial charge in [0.05, 0.1) is 45.3 Å². The SMILES string of the molecule is CC(C)(C)CCOCCOCCOCCn1cc(CC(C)(C)C)nn1. The Labute approximate surface area is 153 Å². The van der Waals surface area contributed by atoms with Crippen LogP contribution in [0.5, 0.6) is 0 Å². The lowest BCUT2D eigenvalue weighted by Crippen LogP contribution is -2.14. The van der Waals surface area contributed by atoms with Gasteiger partial charge in [0.2, 0.25) is 0 Å². The fraction of sp³-hybridized carbons (Fsp3) is 0.895. The van der Waals surface area contributed by atoms with Crippen LogP contribution in [0.1, 0.15) is 53.7 Å². The molecule has 0 bridgehead atoms. The van der Waals surface area contributed by atoms with Crippen LogP contribution in [0.4, 0.5) is 0 Å². The summed E-state index contributed by atoms with van der Waals surface area (Å²) < 4.78 is 18.4. The Morgan fingerprint density at radius 3 is 1.92 bits per heavy atom. The monoisotopic (exact) mass is 355 g/mol. The van der Waals surface area contributed by atoms with Gasteiger partial charge >= 0.3 is 0 Å². The largest absolute Gasteiger partial charge is 0.379 e. The molecule has 0 aromatic carbocycles. The highest BCUT2D eigenvalue weighted by Crippen LogP contribution is 2.18. The predicted octanol–water partition coefficient (Wildman–Crippen LogP) is 3.35. The van der Waals surface area contributed by atoms with Crippen molar-refractivity contribution in [1.82, 2.24) is 15.0 Å². The molecular weight excluding hydrogens is 318 g/mol. The van der Waals surface area contributed by atoms with E-state index in [1.165, 1.54) is 0 Å². The van der Waals surface area contributed by atoms with Gasteiger partial charge in [-0.25, -0.2) is 4.68 Å². The van der Waals surface area contributed by atoms with E-state index in [1.54, 1.807) is 0 Å². The van der Waals surface area contributed by atoms with E-state index < -0.39 is 0 Å². The second kappa shape index (κ2) is 10.9. The second-order valence-electron chi connectivity index (χ2n) is 8.86. The van der Waals surface area contributed by atoms with Gasteiger partial charge in [0.25, 0.3) is 0 Å². The average Bonchev–Trinajstić information content (AvgIpc) is 2.88. The molecular formula is C19H37N3O3. The second-order valence-corrected chi connectivity index (χ2v) is 8.86. The van der Waals surface area contributed by atoms with Gasteiger partial charge in [-0.1, -0.05) is 46.8 Å². The first-order valence-corrected chi connectivity index (χ1v) is 9.28. The topological polar surface area (TPSA) is 58.4 Å². The molecule has 0 saturated heterocycles. The zero-order valence-electron chi connectivity index (χ0n) is 17.0. The van der Waals surface area contributed by atoms with Crippen molar-refractivity contribution in [3.8, 4) is 0 Å². The van der Waals surface area contributed by atoms with Crippen LogP contribution in [-0.2, 0) is 27.2 Å². The Bertz CT molecular complexity index is 461. The summed E-state index contributed by atoms with van der Waals surface area (Å²) >= 11 is 0. The molecule has 1 heterocycles. The van der Waals surface area contributed by atoms with Gasteiger partial charge in [0.15, 0.2) is 0 Å². The number of rotatable bonds is 12. The molecule has 146 valence electrons. The van der Waals surface area contributed by atoms with Crippen molar-refractivity contribution in [2.24, 2.45) is 10.8 Å². The smallest absolute Gasteiger partial charge is 0.0832 e. The van der Waals surface area contributed by atoms with Crippen LogP contribution in [-0.4, -0.2) is 54.6 Å². The summed E-state index contributed by atoms with van der Waals surface area (Å²) in [5.41, 5.74) is 1.58. The lowest BCUT2D eigenvalue weighted by molar-refractivity contribution is 0.00881. The maximum atomic E-state index is 5.57. The number of nitrogens with zero attached hydrogens (tertiary/aromatic N) is 3. The molecule has 0 unspecified atom stereocenters. The molecule has 1 aromatic heterocycles. The summed E-state index contributed by atoms with van der Waals surface area (Å²) in [6.45, 7) is 17.8. The van der Waals surface area contributed by atoms with E-state index in [-0.39, 0.29) is 5.41 Å². The lowest BCUT2D eigenvalue weighted by Gasteiger charge is -2.17. The Morgan fingerprint density at radius 2 is 1.36 bits per heavy atom. The van der Waals surface area contributed by atoms with Gasteiger partial charge < -0.3 is 14.2 Å². The van der Waals surface area contributed by atoms with Crippen molar-refractivity contribution in [2.75, 3.05) is 39.6 Å². The fourth-order valence-electron chi connectivity index (χ4n) is 2.15.